The van der Waals surface area contributed by atoms with Crippen molar-refractivity contribution in [2.24, 2.45) is 0 Å². The molecule has 1 aliphatic carbocycles. The van der Waals surface area contributed by atoms with Crippen molar-refractivity contribution in [1.29, 1.82) is 0 Å². The molecule has 1 aliphatic rings. The average Bonchev–Trinajstić information content (AvgIpc) is 3.02. The molecule has 0 spiro atoms. The van der Waals surface area contributed by atoms with Gasteiger partial charge in [0.05, 0.1) is 5.52 Å². The van der Waals surface area contributed by atoms with E-state index >= 15 is 0 Å². The van der Waals surface area contributed by atoms with E-state index in [2.05, 4.69) is 9.72 Å². The molecule has 1 amide bonds. The van der Waals surface area contributed by atoms with Crippen LogP contribution in [-0.2, 0) is 4.74 Å². The summed E-state index contributed by atoms with van der Waals surface area (Å²) in [6, 6.07) is 5.96. The summed E-state index contributed by atoms with van der Waals surface area (Å²) in [7, 11) is 1.70. The van der Waals surface area contributed by atoms with Gasteiger partial charge in [-0.3, -0.25) is 4.79 Å². The summed E-state index contributed by atoms with van der Waals surface area (Å²) in [5.74, 6) is 1.45. The third-order valence-electron chi connectivity index (χ3n) is 4.82. The second kappa shape index (κ2) is 8.29. The third kappa shape index (κ3) is 3.78. The Hall–Kier alpha value is -1.88. The summed E-state index contributed by atoms with van der Waals surface area (Å²) in [5.41, 5.74) is 1.47. The zero-order chi connectivity index (χ0) is 16.8. The molecule has 0 aromatic carbocycles. The van der Waals surface area contributed by atoms with Crippen LogP contribution in [0.1, 0.15) is 67.2 Å². The Balaban J connectivity index is 1.76. The van der Waals surface area contributed by atoms with Gasteiger partial charge < -0.3 is 14.5 Å². The Bertz CT molecular complexity index is 674. The molecular weight excluding hydrogens is 302 g/mol. The number of imidazole rings is 1. The Morgan fingerprint density at radius 1 is 1.29 bits per heavy atom. The highest BCUT2D eigenvalue weighted by Crippen LogP contribution is 2.33. The van der Waals surface area contributed by atoms with Crippen molar-refractivity contribution in [2.75, 3.05) is 20.3 Å². The van der Waals surface area contributed by atoms with Crippen LogP contribution >= 0.6 is 0 Å². The number of nitrogens with zero attached hydrogens (tertiary/aromatic N) is 2. The zero-order valence-corrected chi connectivity index (χ0v) is 14.5. The van der Waals surface area contributed by atoms with E-state index in [0.717, 1.165) is 30.8 Å². The number of hydrogen-bond acceptors (Lipinski definition) is 3. The molecule has 5 nitrogen and oxygen atoms in total. The van der Waals surface area contributed by atoms with Crippen molar-refractivity contribution in [3.8, 4) is 0 Å². The highest BCUT2D eigenvalue weighted by Gasteiger charge is 2.24. The van der Waals surface area contributed by atoms with Crippen LogP contribution in [0.3, 0.4) is 0 Å². The maximum atomic E-state index is 12.6. The van der Waals surface area contributed by atoms with Gasteiger partial charge in [0.1, 0.15) is 5.82 Å². The fourth-order valence-corrected chi connectivity index (χ4v) is 3.53. The minimum atomic E-state index is -0.0711. The maximum Gasteiger partial charge on any atom is 0.272 e. The second-order valence-electron chi connectivity index (χ2n) is 6.57. The first-order valence-electron chi connectivity index (χ1n) is 9.05. The normalized spacial score (nSPS) is 15.7. The minimum absolute atomic E-state index is 0.0711. The first kappa shape index (κ1) is 17.0. The van der Waals surface area contributed by atoms with E-state index < -0.39 is 0 Å². The van der Waals surface area contributed by atoms with Gasteiger partial charge in [-0.1, -0.05) is 25.3 Å². The Morgan fingerprint density at radius 2 is 2.12 bits per heavy atom. The van der Waals surface area contributed by atoms with Crippen molar-refractivity contribution in [3.05, 3.63) is 35.9 Å². The standard InChI is InChI=1S/C19H27N3O2/c1-24-14-8-6-12-20-19(23)17-16-11-5-7-13-22(16)18(21-17)15-9-3-2-4-10-15/h5,7,11,13,15H,2-4,6,8-10,12,14H2,1H3,(H,20,23). The Labute approximate surface area is 143 Å². The summed E-state index contributed by atoms with van der Waals surface area (Å²) >= 11 is 0. The van der Waals surface area contributed by atoms with Gasteiger partial charge in [-0.15, -0.1) is 0 Å². The number of amides is 1. The molecule has 2 aromatic rings. The molecule has 24 heavy (non-hydrogen) atoms. The molecule has 0 atom stereocenters. The van der Waals surface area contributed by atoms with Gasteiger partial charge in [-0.25, -0.2) is 4.98 Å². The number of hydrogen-bond donors (Lipinski definition) is 1. The monoisotopic (exact) mass is 329 g/mol. The molecule has 2 heterocycles. The number of methoxy groups -OCH3 is 1. The van der Waals surface area contributed by atoms with Gasteiger partial charge in [0.2, 0.25) is 0 Å². The Kier molecular flexibility index (Phi) is 5.86. The number of nitrogens with one attached hydrogen (secondary N) is 1. The topological polar surface area (TPSA) is 55.6 Å². The molecule has 2 aromatic heterocycles. The molecule has 5 heteroatoms. The Morgan fingerprint density at radius 3 is 2.92 bits per heavy atom. The van der Waals surface area contributed by atoms with E-state index in [1.165, 1.54) is 32.1 Å². The van der Waals surface area contributed by atoms with Gasteiger partial charge in [0, 0.05) is 32.4 Å². The lowest BCUT2D eigenvalue weighted by Gasteiger charge is -2.20. The van der Waals surface area contributed by atoms with Crippen LogP contribution in [0.4, 0.5) is 0 Å². The second-order valence-corrected chi connectivity index (χ2v) is 6.57. The fourth-order valence-electron chi connectivity index (χ4n) is 3.53. The first-order valence-corrected chi connectivity index (χ1v) is 9.05. The number of carbonyl (C=O) groups excluding carboxylic acids is 1. The smallest absolute Gasteiger partial charge is 0.272 e. The predicted octanol–water partition coefficient (Wildman–Crippen LogP) is 3.54. The number of pyridine rings is 1. The van der Waals surface area contributed by atoms with Gasteiger partial charge in [-0.2, -0.15) is 0 Å². The maximum absolute atomic E-state index is 12.6. The largest absolute Gasteiger partial charge is 0.385 e. The number of aromatic nitrogens is 2. The molecule has 0 aliphatic heterocycles. The summed E-state index contributed by atoms with van der Waals surface area (Å²) in [6.45, 7) is 1.39. The van der Waals surface area contributed by atoms with Gasteiger partial charge in [0.15, 0.2) is 5.69 Å². The molecule has 1 N–H and O–H groups in total. The average molecular weight is 329 g/mol. The van der Waals surface area contributed by atoms with Crippen LogP contribution < -0.4 is 5.32 Å². The molecule has 0 bridgehead atoms. The van der Waals surface area contributed by atoms with Crippen molar-refractivity contribution in [2.45, 2.75) is 50.9 Å². The summed E-state index contributed by atoms with van der Waals surface area (Å²) in [4.78, 5) is 17.3. The van der Waals surface area contributed by atoms with Gasteiger partial charge in [-0.05, 0) is 37.8 Å². The fraction of sp³-hybridized carbons (Fsp3) is 0.579. The molecule has 1 fully saturated rings. The molecule has 0 radical (unpaired) electrons. The van der Waals surface area contributed by atoms with Gasteiger partial charge >= 0.3 is 0 Å². The summed E-state index contributed by atoms with van der Waals surface area (Å²) in [6.07, 6.45) is 10.1. The van der Waals surface area contributed by atoms with Crippen LogP contribution in [0.25, 0.3) is 5.52 Å². The number of rotatable bonds is 7. The number of carbonyl (C=O) groups is 1. The molecule has 0 saturated heterocycles. The molecule has 0 unspecified atom stereocenters. The number of unbranched alkanes of at least 4 members (excludes halogenated alkanes) is 1. The van der Waals surface area contributed by atoms with Crippen LogP contribution in [0, 0.1) is 0 Å². The molecule has 130 valence electrons. The summed E-state index contributed by atoms with van der Waals surface area (Å²) < 4.78 is 7.14. The van der Waals surface area contributed by atoms with E-state index in [9.17, 15) is 4.79 Å². The van der Waals surface area contributed by atoms with E-state index in [0.29, 0.717) is 18.2 Å². The lowest BCUT2D eigenvalue weighted by molar-refractivity contribution is 0.0948. The van der Waals surface area contributed by atoms with Gasteiger partial charge in [0.25, 0.3) is 5.91 Å². The van der Waals surface area contributed by atoms with E-state index in [4.69, 9.17) is 9.72 Å². The van der Waals surface area contributed by atoms with Crippen molar-refractivity contribution >= 4 is 11.4 Å². The highest BCUT2D eigenvalue weighted by atomic mass is 16.5. The van der Waals surface area contributed by atoms with Crippen molar-refractivity contribution in [3.63, 3.8) is 0 Å². The lowest BCUT2D eigenvalue weighted by Crippen LogP contribution is -2.25. The van der Waals surface area contributed by atoms with Crippen molar-refractivity contribution < 1.29 is 9.53 Å². The zero-order valence-electron chi connectivity index (χ0n) is 14.5. The predicted molar refractivity (Wildman–Crippen MR) is 94.5 cm³/mol. The lowest BCUT2D eigenvalue weighted by atomic mass is 9.89. The molecule has 3 rings (SSSR count). The summed E-state index contributed by atoms with van der Waals surface area (Å²) in [5, 5.41) is 3.00. The number of fused-ring (bicyclic) bond motifs is 1. The van der Waals surface area contributed by atoms with Crippen LogP contribution in [-0.4, -0.2) is 35.6 Å². The van der Waals surface area contributed by atoms with Crippen LogP contribution in [0.15, 0.2) is 24.4 Å². The molecule has 1 saturated carbocycles. The quantitative estimate of drug-likeness (QED) is 0.791. The van der Waals surface area contributed by atoms with E-state index in [1.54, 1.807) is 7.11 Å². The highest BCUT2D eigenvalue weighted by molar-refractivity contribution is 5.99. The molecular formula is C19H27N3O2. The first-order chi connectivity index (χ1) is 11.8. The third-order valence-corrected chi connectivity index (χ3v) is 4.82. The van der Waals surface area contributed by atoms with Crippen LogP contribution in [0.2, 0.25) is 0 Å². The number of ether oxygens (including phenoxy) is 1. The minimum Gasteiger partial charge on any atom is -0.385 e. The van der Waals surface area contributed by atoms with Crippen LogP contribution in [0.5, 0.6) is 0 Å². The van der Waals surface area contributed by atoms with E-state index in [1.807, 2.05) is 24.4 Å². The van der Waals surface area contributed by atoms with E-state index in [-0.39, 0.29) is 5.91 Å². The SMILES string of the molecule is COCCCCNC(=O)c1nc(C2CCCCC2)n2ccccc12. The van der Waals surface area contributed by atoms with Crippen molar-refractivity contribution in [1.82, 2.24) is 14.7 Å².